The van der Waals surface area contributed by atoms with Gasteiger partial charge in [-0.2, -0.15) is 0 Å². The fraction of sp³-hybridized carbons (Fsp3) is 0.889. The second-order valence-electron chi connectivity index (χ2n) is 7.60. The van der Waals surface area contributed by atoms with E-state index in [1.54, 1.807) is 0 Å². The van der Waals surface area contributed by atoms with E-state index in [0.29, 0.717) is 13.1 Å². The van der Waals surface area contributed by atoms with Crippen molar-refractivity contribution in [2.45, 2.75) is 44.6 Å². The molecule has 3 aliphatic rings. The number of hydrogen-bond donors (Lipinski definition) is 2. The van der Waals surface area contributed by atoms with E-state index in [2.05, 4.69) is 27.0 Å². The molecule has 0 radical (unpaired) electrons. The summed E-state index contributed by atoms with van der Waals surface area (Å²) >= 11 is 0. The molecule has 0 aromatic heterocycles. The molecule has 1 saturated carbocycles. The maximum Gasteiger partial charge on any atom is 0.236 e. The molecule has 0 unspecified atom stereocenters. The smallest absolute Gasteiger partial charge is 0.236 e. The summed E-state index contributed by atoms with van der Waals surface area (Å²) in [4.78, 5) is 23.5. The van der Waals surface area contributed by atoms with Crippen molar-refractivity contribution < 1.29 is 9.90 Å². The number of aliphatic hydroxyl groups is 1. The number of amides is 1. The molecule has 1 amide bonds. The number of halogens is 1. The third-order valence-corrected chi connectivity index (χ3v) is 5.63. The van der Waals surface area contributed by atoms with Gasteiger partial charge in [0.25, 0.3) is 0 Å². The topological polar surface area (TPSA) is 71.4 Å². The largest absolute Gasteiger partial charge is 0.388 e. The van der Waals surface area contributed by atoms with E-state index >= 15 is 0 Å². The molecule has 26 heavy (non-hydrogen) atoms. The van der Waals surface area contributed by atoms with Gasteiger partial charge < -0.3 is 20.2 Å². The van der Waals surface area contributed by atoms with Crippen LogP contribution in [0.2, 0.25) is 0 Å². The van der Waals surface area contributed by atoms with Crippen LogP contribution < -0.4 is 5.32 Å². The molecule has 0 aromatic rings. The van der Waals surface area contributed by atoms with Gasteiger partial charge in [-0.15, -0.1) is 24.0 Å². The molecule has 3 rings (SSSR count). The first kappa shape index (κ1) is 21.7. The molecule has 0 atom stereocenters. The molecule has 2 N–H and O–H groups in total. The Bertz CT molecular complexity index is 484. The third-order valence-electron chi connectivity index (χ3n) is 5.63. The Labute approximate surface area is 174 Å². The van der Waals surface area contributed by atoms with Crippen molar-refractivity contribution in [3.63, 3.8) is 0 Å². The van der Waals surface area contributed by atoms with Crippen molar-refractivity contribution in [2.75, 3.05) is 58.9 Å². The van der Waals surface area contributed by atoms with Gasteiger partial charge in [0.15, 0.2) is 5.96 Å². The lowest BCUT2D eigenvalue weighted by molar-refractivity contribution is -0.131. The Morgan fingerprint density at radius 3 is 2.23 bits per heavy atom. The lowest BCUT2D eigenvalue weighted by Gasteiger charge is -2.38. The zero-order chi connectivity index (χ0) is 17.7. The van der Waals surface area contributed by atoms with Crippen LogP contribution in [-0.2, 0) is 4.79 Å². The van der Waals surface area contributed by atoms with E-state index in [0.717, 1.165) is 83.9 Å². The maximum absolute atomic E-state index is 12.3. The molecule has 7 nitrogen and oxygen atoms in total. The molecule has 2 aliphatic heterocycles. The summed E-state index contributed by atoms with van der Waals surface area (Å²) in [5.74, 6) is 1.17. The molecule has 0 spiro atoms. The van der Waals surface area contributed by atoms with Gasteiger partial charge in [0.05, 0.1) is 18.7 Å². The van der Waals surface area contributed by atoms with Gasteiger partial charge in [0.1, 0.15) is 0 Å². The van der Waals surface area contributed by atoms with Crippen LogP contribution in [0.15, 0.2) is 4.99 Å². The van der Waals surface area contributed by atoms with Crippen molar-refractivity contribution in [1.29, 1.82) is 0 Å². The van der Waals surface area contributed by atoms with Crippen LogP contribution in [-0.4, -0.2) is 96.2 Å². The van der Waals surface area contributed by atoms with Gasteiger partial charge >= 0.3 is 0 Å². The van der Waals surface area contributed by atoms with E-state index in [9.17, 15) is 9.90 Å². The average molecular weight is 479 g/mol. The Balaban J connectivity index is 0.00000243. The number of carbonyl (C=O) groups excluding carboxylic acids is 1. The summed E-state index contributed by atoms with van der Waals surface area (Å²) in [6.45, 7) is 9.29. The first-order chi connectivity index (χ1) is 12.1. The highest BCUT2D eigenvalue weighted by Crippen LogP contribution is 2.31. The van der Waals surface area contributed by atoms with Crippen molar-refractivity contribution in [3.05, 3.63) is 0 Å². The molecule has 2 saturated heterocycles. The van der Waals surface area contributed by atoms with Gasteiger partial charge in [0, 0.05) is 45.8 Å². The number of hydrogen-bond acceptors (Lipinski definition) is 4. The Hall–Kier alpha value is -0.610. The molecule has 3 fully saturated rings. The standard InChI is InChI=1S/C18H33N5O2.HI/c1-2-19-17(20-15-18(25)6-5-7-18)23-12-10-21(11-13-23)14-16(24)22-8-3-4-9-22;/h25H,2-15H2,1H3,(H,19,20);1H. The highest BCUT2D eigenvalue weighted by molar-refractivity contribution is 14.0. The van der Waals surface area contributed by atoms with Gasteiger partial charge in [-0.05, 0) is 39.0 Å². The Kier molecular flexibility index (Phi) is 8.41. The van der Waals surface area contributed by atoms with E-state index < -0.39 is 5.60 Å². The number of guanidine groups is 1. The van der Waals surface area contributed by atoms with Crippen LogP contribution in [0.3, 0.4) is 0 Å². The Morgan fingerprint density at radius 2 is 1.69 bits per heavy atom. The van der Waals surface area contributed by atoms with Crippen molar-refractivity contribution >= 4 is 35.8 Å². The van der Waals surface area contributed by atoms with Crippen LogP contribution >= 0.6 is 24.0 Å². The fourth-order valence-corrected chi connectivity index (χ4v) is 3.77. The summed E-state index contributed by atoms with van der Waals surface area (Å²) in [7, 11) is 0. The summed E-state index contributed by atoms with van der Waals surface area (Å²) in [5, 5.41) is 13.6. The highest BCUT2D eigenvalue weighted by Gasteiger charge is 2.34. The van der Waals surface area contributed by atoms with E-state index in [-0.39, 0.29) is 29.9 Å². The van der Waals surface area contributed by atoms with Crippen molar-refractivity contribution in [1.82, 2.24) is 20.0 Å². The van der Waals surface area contributed by atoms with Crippen LogP contribution in [0.5, 0.6) is 0 Å². The summed E-state index contributed by atoms with van der Waals surface area (Å²) in [5.41, 5.74) is -0.579. The summed E-state index contributed by atoms with van der Waals surface area (Å²) < 4.78 is 0. The minimum absolute atomic E-state index is 0. The predicted molar refractivity (Wildman–Crippen MR) is 114 cm³/mol. The van der Waals surface area contributed by atoms with Crippen molar-refractivity contribution in [3.8, 4) is 0 Å². The molecule has 0 bridgehead atoms. The Morgan fingerprint density at radius 1 is 1.04 bits per heavy atom. The zero-order valence-electron chi connectivity index (χ0n) is 16.0. The second kappa shape index (κ2) is 10.1. The SMILES string of the molecule is CCNC(=NCC1(O)CCC1)N1CCN(CC(=O)N2CCCC2)CC1.I. The summed E-state index contributed by atoms with van der Waals surface area (Å²) in [6.07, 6.45) is 5.12. The third kappa shape index (κ3) is 5.69. The number of nitrogens with one attached hydrogen (secondary N) is 1. The highest BCUT2D eigenvalue weighted by atomic mass is 127. The molecule has 1 aliphatic carbocycles. The first-order valence-electron chi connectivity index (χ1n) is 9.85. The van der Waals surface area contributed by atoms with Crippen LogP contribution in [0.4, 0.5) is 0 Å². The lowest BCUT2D eigenvalue weighted by atomic mass is 9.80. The molecular weight excluding hydrogens is 445 g/mol. The van der Waals surface area contributed by atoms with Gasteiger partial charge in [-0.1, -0.05) is 0 Å². The summed E-state index contributed by atoms with van der Waals surface area (Å²) in [6, 6.07) is 0. The van der Waals surface area contributed by atoms with Crippen LogP contribution in [0.25, 0.3) is 0 Å². The number of likely N-dealkylation sites (tertiary alicyclic amines) is 1. The second-order valence-corrected chi connectivity index (χ2v) is 7.60. The van der Waals surface area contributed by atoms with Gasteiger partial charge in [-0.3, -0.25) is 14.7 Å². The maximum atomic E-state index is 12.3. The lowest BCUT2D eigenvalue weighted by Crippen LogP contribution is -2.54. The van der Waals surface area contributed by atoms with E-state index in [1.807, 2.05) is 4.90 Å². The number of nitrogens with zero attached hydrogens (tertiary/aromatic N) is 4. The minimum atomic E-state index is -0.579. The molecule has 0 aromatic carbocycles. The number of piperazine rings is 1. The average Bonchev–Trinajstić information content (AvgIpc) is 3.12. The quantitative estimate of drug-likeness (QED) is 0.346. The van der Waals surface area contributed by atoms with Gasteiger partial charge in [0.2, 0.25) is 5.91 Å². The van der Waals surface area contributed by atoms with E-state index in [4.69, 9.17) is 0 Å². The molecule has 150 valence electrons. The number of aliphatic imine (C=N–C) groups is 1. The van der Waals surface area contributed by atoms with Crippen LogP contribution in [0.1, 0.15) is 39.0 Å². The van der Waals surface area contributed by atoms with Gasteiger partial charge in [-0.25, -0.2) is 0 Å². The minimum Gasteiger partial charge on any atom is -0.388 e. The predicted octanol–water partition coefficient (Wildman–Crippen LogP) is 0.725. The molecular formula is C18H34IN5O2. The fourth-order valence-electron chi connectivity index (χ4n) is 3.77. The van der Waals surface area contributed by atoms with E-state index in [1.165, 1.54) is 0 Å². The normalized spacial score (nSPS) is 23.4. The number of rotatable bonds is 5. The molecule has 2 heterocycles. The zero-order valence-corrected chi connectivity index (χ0v) is 18.3. The van der Waals surface area contributed by atoms with Crippen molar-refractivity contribution in [2.24, 2.45) is 4.99 Å². The monoisotopic (exact) mass is 479 g/mol. The van der Waals surface area contributed by atoms with Crippen LogP contribution in [0, 0.1) is 0 Å². The first-order valence-corrected chi connectivity index (χ1v) is 9.85. The number of carbonyl (C=O) groups is 1. The molecule has 8 heteroatoms.